The number of nitrogens with zero attached hydrogens (tertiary/aromatic N) is 1. The highest BCUT2D eigenvalue weighted by molar-refractivity contribution is 7.89. The largest absolute Gasteiger partial charge is 0.313 e. The molecule has 6 nitrogen and oxygen atoms in total. The first-order valence-electron chi connectivity index (χ1n) is 6.72. The molecule has 0 aliphatic carbocycles. The van der Waals surface area contributed by atoms with Crippen molar-refractivity contribution in [2.75, 3.05) is 6.54 Å². The van der Waals surface area contributed by atoms with Crippen molar-refractivity contribution in [2.45, 2.75) is 38.9 Å². The Balaban J connectivity index is 2.09. The molecule has 0 spiro atoms. The Morgan fingerprint density at radius 1 is 1.33 bits per heavy atom. The quantitative estimate of drug-likeness (QED) is 0.721. The minimum atomic E-state index is -3.58. The van der Waals surface area contributed by atoms with Crippen molar-refractivity contribution in [1.82, 2.24) is 20.2 Å². The van der Waals surface area contributed by atoms with Crippen LogP contribution in [0, 0.1) is 13.8 Å². The predicted molar refractivity (Wildman–Crippen MR) is 83.8 cm³/mol. The number of thiophene rings is 1. The summed E-state index contributed by atoms with van der Waals surface area (Å²) in [5, 5.41) is 9.63. The smallest absolute Gasteiger partial charge is 0.258 e. The normalized spacial score (nSPS) is 12.0. The van der Waals surface area contributed by atoms with E-state index in [9.17, 15) is 8.42 Å². The average molecular weight is 328 g/mol. The minimum absolute atomic E-state index is 0.133. The number of hydrogen-bond donors (Lipinski definition) is 3. The van der Waals surface area contributed by atoms with Crippen LogP contribution in [-0.4, -0.2) is 25.2 Å². The van der Waals surface area contributed by atoms with Crippen LogP contribution in [0.25, 0.3) is 0 Å². The second kappa shape index (κ2) is 6.69. The van der Waals surface area contributed by atoms with Gasteiger partial charge in [-0.3, -0.25) is 5.10 Å². The molecule has 3 N–H and O–H groups in total. The van der Waals surface area contributed by atoms with Crippen molar-refractivity contribution in [3.8, 4) is 0 Å². The molecule has 2 heterocycles. The first kappa shape index (κ1) is 16.2. The molecule has 0 radical (unpaired) electrons. The van der Waals surface area contributed by atoms with Gasteiger partial charge in [-0.15, -0.1) is 11.3 Å². The predicted octanol–water partition coefficient (Wildman–Crippen LogP) is 1.68. The Morgan fingerprint density at radius 3 is 2.71 bits per heavy atom. The zero-order chi connectivity index (χ0) is 15.5. The molecule has 0 unspecified atom stereocenters. The maximum atomic E-state index is 12.3. The van der Waals surface area contributed by atoms with Crippen molar-refractivity contribution < 1.29 is 8.42 Å². The summed E-state index contributed by atoms with van der Waals surface area (Å²) < 4.78 is 27.3. The molecule has 0 aliphatic rings. The van der Waals surface area contributed by atoms with E-state index in [1.165, 1.54) is 16.6 Å². The highest BCUT2D eigenvalue weighted by Crippen LogP contribution is 2.21. The van der Waals surface area contributed by atoms with Crippen LogP contribution in [0.4, 0.5) is 0 Å². The van der Waals surface area contributed by atoms with Crippen LogP contribution < -0.4 is 10.0 Å². The van der Waals surface area contributed by atoms with Gasteiger partial charge in [0.1, 0.15) is 0 Å². The minimum Gasteiger partial charge on any atom is -0.313 e. The van der Waals surface area contributed by atoms with Crippen molar-refractivity contribution in [2.24, 2.45) is 0 Å². The summed E-state index contributed by atoms with van der Waals surface area (Å²) in [5.41, 5.74) is 1.83. The highest BCUT2D eigenvalue weighted by atomic mass is 32.2. The first-order chi connectivity index (χ1) is 9.94. The number of aryl methyl sites for hydroxylation is 2. The second-order valence-corrected chi connectivity index (χ2v) is 7.83. The third kappa shape index (κ3) is 3.91. The van der Waals surface area contributed by atoms with Gasteiger partial charge in [0.15, 0.2) is 5.03 Å². The Bertz CT molecular complexity index is 684. The molecule has 2 aromatic rings. The lowest BCUT2D eigenvalue weighted by molar-refractivity contribution is 0.574. The van der Waals surface area contributed by atoms with Gasteiger partial charge < -0.3 is 5.32 Å². The molecule has 0 saturated carbocycles. The van der Waals surface area contributed by atoms with Gasteiger partial charge >= 0.3 is 0 Å². The standard InChI is InChI=1S/C13H20N4O2S2/c1-4-14-6-11-7-15-17-13(11)21(18,19)16-8-12-5-9(2)10(3)20-12/h5,7,14,16H,4,6,8H2,1-3H3,(H,15,17). The van der Waals surface area contributed by atoms with Crippen LogP contribution in [-0.2, 0) is 23.1 Å². The number of rotatable bonds is 7. The fraction of sp³-hybridized carbons (Fsp3) is 0.462. The number of aromatic amines is 1. The maximum absolute atomic E-state index is 12.3. The Hall–Kier alpha value is -1.22. The fourth-order valence-corrected chi connectivity index (χ4v) is 4.11. The number of nitrogens with one attached hydrogen (secondary N) is 3. The van der Waals surface area contributed by atoms with Gasteiger partial charge in [-0.1, -0.05) is 6.92 Å². The van der Waals surface area contributed by atoms with Crippen molar-refractivity contribution >= 4 is 21.4 Å². The van der Waals surface area contributed by atoms with Gasteiger partial charge in [-0.05, 0) is 32.0 Å². The van der Waals surface area contributed by atoms with Gasteiger partial charge in [-0.25, -0.2) is 13.1 Å². The first-order valence-corrected chi connectivity index (χ1v) is 9.02. The molecular weight excluding hydrogens is 308 g/mol. The van der Waals surface area contributed by atoms with E-state index in [1.54, 1.807) is 11.3 Å². The van der Waals surface area contributed by atoms with Crippen LogP contribution in [0.15, 0.2) is 17.3 Å². The third-order valence-electron chi connectivity index (χ3n) is 3.17. The third-order valence-corrected chi connectivity index (χ3v) is 5.73. The van der Waals surface area contributed by atoms with Gasteiger partial charge in [0.2, 0.25) is 0 Å². The lowest BCUT2D eigenvalue weighted by Gasteiger charge is -2.06. The molecule has 0 atom stereocenters. The number of aromatic nitrogens is 2. The summed E-state index contributed by atoms with van der Waals surface area (Å²) in [6.07, 6.45) is 1.54. The summed E-state index contributed by atoms with van der Waals surface area (Å²) in [6, 6.07) is 2.01. The molecule has 0 bridgehead atoms. The van der Waals surface area contributed by atoms with Crippen molar-refractivity contribution in [1.29, 1.82) is 0 Å². The molecule has 0 fully saturated rings. The number of sulfonamides is 1. The molecule has 8 heteroatoms. The summed E-state index contributed by atoms with van der Waals surface area (Å²) in [7, 11) is -3.58. The monoisotopic (exact) mass is 328 g/mol. The molecule has 0 aliphatic heterocycles. The van der Waals surface area contributed by atoms with Gasteiger partial charge in [0.25, 0.3) is 10.0 Å². The SMILES string of the molecule is CCNCc1cn[nH]c1S(=O)(=O)NCc1cc(C)c(C)s1. The molecule has 2 aromatic heterocycles. The van der Waals surface area contributed by atoms with E-state index in [0.29, 0.717) is 18.7 Å². The van der Waals surface area contributed by atoms with E-state index in [-0.39, 0.29) is 5.03 Å². The number of hydrogen-bond acceptors (Lipinski definition) is 5. The van der Waals surface area contributed by atoms with E-state index in [1.807, 2.05) is 26.8 Å². The topological polar surface area (TPSA) is 86.9 Å². The van der Waals surface area contributed by atoms with E-state index in [0.717, 1.165) is 11.4 Å². The summed E-state index contributed by atoms with van der Waals surface area (Å²) in [5.74, 6) is 0. The van der Waals surface area contributed by atoms with Crippen LogP contribution in [0.3, 0.4) is 0 Å². The lowest BCUT2D eigenvalue weighted by atomic mass is 10.3. The zero-order valence-corrected chi connectivity index (χ0v) is 14.0. The van der Waals surface area contributed by atoms with Crippen molar-refractivity contribution in [3.63, 3.8) is 0 Å². The molecule has 0 saturated heterocycles. The van der Waals surface area contributed by atoms with Crippen LogP contribution in [0.2, 0.25) is 0 Å². The van der Waals surface area contributed by atoms with Crippen LogP contribution >= 0.6 is 11.3 Å². The molecule has 116 valence electrons. The zero-order valence-electron chi connectivity index (χ0n) is 12.4. The Morgan fingerprint density at radius 2 is 2.10 bits per heavy atom. The van der Waals surface area contributed by atoms with Gasteiger partial charge in [-0.2, -0.15) is 5.10 Å². The lowest BCUT2D eigenvalue weighted by Crippen LogP contribution is -2.25. The van der Waals surface area contributed by atoms with E-state index >= 15 is 0 Å². The average Bonchev–Trinajstić information content (AvgIpc) is 3.02. The van der Waals surface area contributed by atoms with Crippen LogP contribution in [0.1, 0.15) is 27.8 Å². The number of H-pyrrole nitrogens is 1. The van der Waals surface area contributed by atoms with Gasteiger partial charge in [0.05, 0.1) is 6.20 Å². The van der Waals surface area contributed by atoms with E-state index < -0.39 is 10.0 Å². The summed E-state index contributed by atoms with van der Waals surface area (Å²) >= 11 is 1.61. The summed E-state index contributed by atoms with van der Waals surface area (Å²) in [4.78, 5) is 2.21. The van der Waals surface area contributed by atoms with E-state index in [2.05, 4.69) is 20.2 Å². The maximum Gasteiger partial charge on any atom is 0.258 e. The fourth-order valence-electron chi connectivity index (χ4n) is 1.89. The van der Waals surface area contributed by atoms with Crippen LogP contribution in [0.5, 0.6) is 0 Å². The van der Waals surface area contributed by atoms with Gasteiger partial charge in [0, 0.05) is 28.4 Å². The highest BCUT2D eigenvalue weighted by Gasteiger charge is 2.20. The Kier molecular flexibility index (Phi) is 5.15. The molecule has 0 amide bonds. The molecular formula is C13H20N4O2S2. The molecule has 0 aromatic carbocycles. The molecule has 2 rings (SSSR count). The van der Waals surface area contributed by atoms with Crippen molar-refractivity contribution in [3.05, 3.63) is 33.1 Å². The van der Waals surface area contributed by atoms with E-state index in [4.69, 9.17) is 0 Å². The second-order valence-electron chi connectivity index (χ2n) is 4.78. The molecule has 21 heavy (non-hydrogen) atoms. The summed E-state index contributed by atoms with van der Waals surface area (Å²) in [6.45, 7) is 7.55. The Labute approximate surface area is 129 Å².